The van der Waals surface area contributed by atoms with E-state index in [9.17, 15) is 4.79 Å². The summed E-state index contributed by atoms with van der Waals surface area (Å²) in [5, 5.41) is 6.64. The first kappa shape index (κ1) is 16.5. The maximum Gasteiger partial charge on any atom is 0.271 e. The third-order valence-electron chi connectivity index (χ3n) is 4.89. The van der Waals surface area contributed by atoms with Crippen molar-refractivity contribution in [1.82, 2.24) is 29.6 Å². The van der Waals surface area contributed by atoms with E-state index in [1.807, 2.05) is 27.8 Å². The molecule has 0 saturated carbocycles. The number of aromatic nitrogens is 5. The van der Waals surface area contributed by atoms with Gasteiger partial charge in [0.15, 0.2) is 0 Å². The van der Waals surface area contributed by atoms with Gasteiger partial charge in [0.2, 0.25) is 0 Å². The number of amides is 1. The summed E-state index contributed by atoms with van der Waals surface area (Å²) in [6.07, 6.45) is 8.22. The highest BCUT2D eigenvalue weighted by atomic mass is 16.2. The van der Waals surface area contributed by atoms with Crippen LogP contribution in [0.15, 0.2) is 42.9 Å². The molecule has 1 fully saturated rings. The molecule has 1 aliphatic rings. The summed E-state index contributed by atoms with van der Waals surface area (Å²) in [5.74, 6) is 2.12. The molecule has 0 spiro atoms. The second kappa shape index (κ2) is 7.11. The monoisotopic (exact) mass is 350 g/mol. The average molecular weight is 350 g/mol. The van der Waals surface area contributed by atoms with Crippen molar-refractivity contribution in [3.63, 3.8) is 0 Å². The third kappa shape index (κ3) is 3.12. The third-order valence-corrected chi connectivity index (χ3v) is 4.89. The Labute approximate surface area is 152 Å². The number of H-pyrrole nitrogens is 1. The van der Waals surface area contributed by atoms with E-state index in [0.29, 0.717) is 12.2 Å². The molecule has 3 aromatic heterocycles. The van der Waals surface area contributed by atoms with E-state index in [-0.39, 0.29) is 11.8 Å². The molecule has 3 aromatic rings. The molecule has 0 unspecified atom stereocenters. The number of aryl methyl sites for hydroxylation is 1. The van der Waals surface area contributed by atoms with Crippen molar-refractivity contribution in [2.24, 2.45) is 0 Å². The maximum absolute atomic E-state index is 12.6. The molecule has 7 nitrogen and oxygen atoms in total. The van der Waals surface area contributed by atoms with Crippen LogP contribution < -0.4 is 0 Å². The Hall–Kier alpha value is -2.96. The SMILES string of the molecule is CCc1nccn1-c1cccc([C@H]2CCCN(C(=O)c3ccn[nH]3)C2)n1. The largest absolute Gasteiger partial charge is 0.337 e. The van der Waals surface area contributed by atoms with Crippen molar-refractivity contribution < 1.29 is 4.79 Å². The molecule has 1 atom stereocenters. The first-order valence-electron chi connectivity index (χ1n) is 9.04. The lowest BCUT2D eigenvalue weighted by Gasteiger charge is -2.32. The summed E-state index contributed by atoms with van der Waals surface area (Å²) in [4.78, 5) is 23.7. The Morgan fingerprint density at radius 3 is 3.04 bits per heavy atom. The molecule has 4 heterocycles. The number of hydrogen-bond acceptors (Lipinski definition) is 4. The van der Waals surface area contributed by atoms with Gasteiger partial charge in [0.1, 0.15) is 17.3 Å². The van der Waals surface area contributed by atoms with E-state index >= 15 is 0 Å². The second-order valence-corrected chi connectivity index (χ2v) is 6.55. The molecule has 26 heavy (non-hydrogen) atoms. The van der Waals surface area contributed by atoms with Gasteiger partial charge in [-0.05, 0) is 31.0 Å². The lowest BCUT2D eigenvalue weighted by molar-refractivity contribution is 0.0700. The minimum absolute atomic E-state index is 0.00577. The number of hydrogen-bond donors (Lipinski definition) is 1. The first-order valence-corrected chi connectivity index (χ1v) is 9.04. The zero-order valence-electron chi connectivity index (χ0n) is 14.8. The van der Waals surface area contributed by atoms with Crippen molar-refractivity contribution in [3.05, 3.63) is 60.1 Å². The average Bonchev–Trinajstić information content (AvgIpc) is 3.39. The van der Waals surface area contributed by atoms with Crippen LogP contribution >= 0.6 is 0 Å². The van der Waals surface area contributed by atoms with Crippen LogP contribution in [0.5, 0.6) is 0 Å². The van der Waals surface area contributed by atoms with Gasteiger partial charge in [-0.25, -0.2) is 9.97 Å². The highest BCUT2D eigenvalue weighted by molar-refractivity contribution is 5.92. The van der Waals surface area contributed by atoms with Gasteiger partial charge in [0.05, 0.1) is 0 Å². The lowest BCUT2D eigenvalue weighted by atomic mass is 9.94. The van der Waals surface area contributed by atoms with Crippen LogP contribution in [-0.4, -0.2) is 48.6 Å². The Balaban J connectivity index is 1.56. The summed E-state index contributed by atoms with van der Waals surface area (Å²) in [7, 11) is 0. The fourth-order valence-electron chi connectivity index (χ4n) is 3.55. The topological polar surface area (TPSA) is 79.7 Å². The van der Waals surface area contributed by atoms with E-state index in [1.54, 1.807) is 18.5 Å². The van der Waals surface area contributed by atoms with Crippen molar-refractivity contribution >= 4 is 5.91 Å². The van der Waals surface area contributed by atoms with Crippen molar-refractivity contribution in [2.75, 3.05) is 13.1 Å². The second-order valence-electron chi connectivity index (χ2n) is 6.55. The highest BCUT2D eigenvalue weighted by Crippen LogP contribution is 2.27. The summed E-state index contributed by atoms with van der Waals surface area (Å²) >= 11 is 0. The van der Waals surface area contributed by atoms with E-state index in [4.69, 9.17) is 4.98 Å². The van der Waals surface area contributed by atoms with Gasteiger partial charge in [-0.2, -0.15) is 5.10 Å². The Morgan fingerprint density at radius 1 is 1.31 bits per heavy atom. The molecule has 1 N–H and O–H groups in total. The van der Waals surface area contributed by atoms with Crippen LogP contribution in [0.1, 0.15) is 47.7 Å². The van der Waals surface area contributed by atoms with Crippen LogP contribution in [0, 0.1) is 0 Å². The molecule has 0 radical (unpaired) electrons. The van der Waals surface area contributed by atoms with Crippen molar-refractivity contribution in [3.8, 4) is 5.82 Å². The number of imidazole rings is 1. The zero-order chi connectivity index (χ0) is 17.9. The Kier molecular flexibility index (Phi) is 4.51. The summed E-state index contributed by atoms with van der Waals surface area (Å²) in [6.45, 7) is 3.54. The van der Waals surface area contributed by atoms with Gasteiger partial charge >= 0.3 is 0 Å². The smallest absolute Gasteiger partial charge is 0.271 e. The number of carbonyl (C=O) groups is 1. The molecule has 0 aromatic carbocycles. The van der Waals surface area contributed by atoms with Gasteiger partial charge in [-0.1, -0.05) is 13.0 Å². The molecule has 4 rings (SSSR count). The number of nitrogens with one attached hydrogen (secondary N) is 1. The minimum Gasteiger partial charge on any atom is -0.337 e. The highest BCUT2D eigenvalue weighted by Gasteiger charge is 2.27. The normalized spacial score (nSPS) is 17.4. The van der Waals surface area contributed by atoms with Gasteiger partial charge in [-0.15, -0.1) is 0 Å². The van der Waals surface area contributed by atoms with Crippen LogP contribution in [0.2, 0.25) is 0 Å². The molecular formula is C19H22N6O. The van der Waals surface area contributed by atoms with Gasteiger partial charge in [-0.3, -0.25) is 14.5 Å². The van der Waals surface area contributed by atoms with E-state index in [0.717, 1.165) is 43.1 Å². The van der Waals surface area contributed by atoms with Crippen LogP contribution in [0.3, 0.4) is 0 Å². The van der Waals surface area contributed by atoms with Crippen molar-refractivity contribution in [2.45, 2.75) is 32.1 Å². The van der Waals surface area contributed by atoms with Crippen LogP contribution in [0.4, 0.5) is 0 Å². The standard InChI is InChI=1S/C19H22N6O/c1-2-17-20-10-12-25(17)18-7-3-6-15(22-18)14-5-4-11-24(13-14)19(26)16-8-9-21-23-16/h3,6-10,12,14H,2,4-5,11,13H2,1H3,(H,21,23)/t14-/m0/s1. The van der Waals surface area contributed by atoms with E-state index in [1.165, 1.54) is 0 Å². The number of nitrogens with zero attached hydrogens (tertiary/aromatic N) is 5. The van der Waals surface area contributed by atoms with E-state index in [2.05, 4.69) is 28.2 Å². The number of carbonyl (C=O) groups excluding carboxylic acids is 1. The molecule has 0 aliphatic carbocycles. The fraction of sp³-hybridized carbons (Fsp3) is 0.368. The molecular weight excluding hydrogens is 328 g/mol. The van der Waals surface area contributed by atoms with Gasteiger partial charge in [0.25, 0.3) is 5.91 Å². The lowest BCUT2D eigenvalue weighted by Crippen LogP contribution is -2.39. The molecule has 7 heteroatoms. The number of likely N-dealkylation sites (tertiary alicyclic amines) is 1. The van der Waals surface area contributed by atoms with Crippen LogP contribution in [0.25, 0.3) is 5.82 Å². The first-order chi connectivity index (χ1) is 12.8. The zero-order valence-corrected chi connectivity index (χ0v) is 14.8. The number of rotatable bonds is 4. The Bertz CT molecular complexity index is 885. The van der Waals surface area contributed by atoms with Crippen molar-refractivity contribution in [1.29, 1.82) is 0 Å². The summed E-state index contributed by atoms with van der Waals surface area (Å²) in [5.41, 5.74) is 1.57. The number of pyridine rings is 1. The summed E-state index contributed by atoms with van der Waals surface area (Å²) < 4.78 is 2.03. The predicted octanol–water partition coefficient (Wildman–Crippen LogP) is 2.57. The molecule has 0 bridgehead atoms. The number of piperidine rings is 1. The summed E-state index contributed by atoms with van der Waals surface area (Å²) in [6, 6.07) is 7.81. The molecule has 1 amide bonds. The minimum atomic E-state index is 0.00577. The molecule has 1 aliphatic heterocycles. The predicted molar refractivity (Wildman–Crippen MR) is 97.2 cm³/mol. The van der Waals surface area contributed by atoms with Gasteiger partial charge in [0, 0.05) is 49.7 Å². The van der Waals surface area contributed by atoms with Crippen LogP contribution in [-0.2, 0) is 6.42 Å². The number of aromatic amines is 1. The quantitative estimate of drug-likeness (QED) is 0.784. The van der Waals surface area contributed by atoms with Gasteiger partial charge < -0.3 is 4.90 Å². The van der Waals surface area contributed by atoms with E-state index < -0.39 is 0 Å². The molecule has 1 saturated heterocycles. The fourth-order valence-corrected chi connectivity index (χ4v) is 3.55. The molecule has 134 valence electrons. The maximum atomic E-state index is 12.6. The Morgan fingerprint density at radius 2 is 2.23 bits per heavy atom.